The highest BCUT2D eigenvalue weighted by Crippen LogP contribution is 2.32. The smallest absolute Gasteiger partial charge is 0.258 e. The van der Waals surface area contributed by atoms with E-state index in [0.29, 0.717) is 16.7 Å². The average molecular weight is 312 g/mol. The Bertz CT molecular complexity index is 897. The van der Waals surface area contributed by atoms with E-state index in [0.717, 1.165) is 0 Å². The zero-order valence-corrected chi connectivity index (χ0v) is 11.7. The molecule has 0 spiro atoms. The molecule has 114 valence electrons. The van der Waals surface area contributed by atoms with Gasteiger partial charge in [-0.25, -0.2) is 13.8 Å². The number of nitrogens with zero attached hydrogens (tertiary/aromatic N) is 2. The van der Waals surface area contributed by atoms with Crippen molar-refractivity contribution in [3.05, 3.63) is 82.5 Å². The highest BCUT2D eigenvalue weighted by Gasteiger charge is 2.19. The van der Waals surface area contributed by atoms with E-state index in [2.05, 4.69) is 4.98 Å². The SMILES string of the molecule is O=[N+]([O-])c1cc(-c2cccc(F)c2)cnc1-c1cccc(F)c1. The van der Waals surface area contributed by atoms with Gasteiger partial charge >= 0.3 is 0 Å². The van der Waals surface area contributed by atoms with Crippen LogP contribution in [0.3, 0.4) is 0 Å². The first-order valence-electron chi connectivity index (χ1n) is 6.71. The Morgan fingerprint density at radius 3 is 2.09 bits per heavy atom. The van der Waals surface area contributed by atoms with Gasteiger partial charge in [0.1, 0.15) is 17.3 Å². The molecule has 0 fully saturated rings. The summed E-state index contributed by atoms with van der Waals surface area (Å²) in [6.07, 6.45) is 1.40. The summed E-state index contributed by atoms with van der Waals surface area (Å²) < 4.78 is 26.6. The number of hydrogen-bond acceptors (Lipinski definition) is 3. The van der Waals surface area contributed by atoms with Crippen LogP contribution in [0.5, 0.6) is 0 Å². The van der Waals surface area contributed by atoms with Gasteiger partial charge in [-0.05, 0) is 29.8 Å². The molecular formula is C17H10F2N2O2. The van der Waals surface area contributed by atoms with E-state index in [1.54, 1.807) is 12.1 Å². The molecule has 1 heterocycles. The number of hydrogen-bond donors (Lipinski definition) is 0. The van der Waals surface area contributed by atoms with Crippen LogP contribution in [0, 0.1) is 21.7 Å². The first kappa shape index (κ1) is 14.8. The van der Waals surface area contributed by atoms with Crippen molar-refractivity contribution in [3.8, 4) is 22.4 Å². The highest BCUT2D eigenvalue weighted by atomic mass is 19.1. The third-order valence-corrected chi connectivity index (χ3v) is 3.32. The Morgan fingerprint density at radius 1 is 0.870 bits per heavy atom. The van der Waals surface area contributed by atoms with Crippen molar-refractivity contribution >= 4 is 5.69 Å². The summed E-state index contributed by atoms with van der Waals surface area (Å²) in [5.41, 5.74) is 0.997. The maximum atomic E-state index is 13.3. The number of aromatic nitrogens is 1. The minimum atomic E-state index is -0.587. The fourth-order valence-corrected chi connectivity index (χ4v) is 2.28. The number of halogens is 2. The summed E-state index contributed by atoms with van der Waals surface area (Å²) >= 11 is 0. The summed E-state index contributed by atoms with van der Waals surface area (Å²) in [5.74, 6) is -0.952. The normalized spacial score (nSPS) is 10.5. The van der Waals surface area contributed by atoms with Crippen molar-refractivity contribution in [1.29, 1.82) is 0 Å². The van der Waals surface area contributed by atoms with E-state index < -0.39 is 16.6 Å². The van der Waals surface area contributed by atoms with Crippen LogP contribution in [0.1, 0.15) is 0 Å². The van der Waals surface area contributed by atoms with E-state index in [-0.39, 0.29) is 11.4 Å². The third-order valence-electron chi connectivity index (χ3n) is 3.32. The van der Waals surface area contributed by atoms with E-state index in [9.17, 15) is 18.9 Å². The second-order valence-electron chi connectivity index (χ2n) is 4.87. The Kier molecular flexibility index (Phi) is 3.80. The third kappa shape index (κ3) is 3.06. The van der Waals surface area contributed by atoms with Gasteiger partial charge in [-0.2, -0.15) is 0 Å². The van der Waals surface area contributed by atoms with Gasteiger partial charge in [-0.3, -0.25) is 10.1 Å². The first-order chi connectivity index (χ1) is 11.0. The number of benzene rings is 2. The lowest BCUT2D eigenvalue weighted by atomic mass is 10.0. The lowest BCUT2D eigenvalue weighted by molar-refractivity contribution is -0.384. The number of rotatable bonds is 3. The highest BCUT2D eigenvalue weighted by molar-refractivity contribution is 5.75. The van der Waals surface area contributed by atoms with Crippen LogP contribution < -0.4 is 0 Å². The molecule has 0 atom stereocenters. The molecule has 2 aromatic carbocycles. The van der Waals surface area contributed by atoms with Crippen LogP contribution in [0.15, 0.2) is 60.8 Å². The van der Waals surface area contributed by atoms with Gasteiger partial charge in [0.25, 0.3) is 5.69 Å². The molecule has 0 unspecified atom stereocenters. The van der Waals surface area contributed by atoms with E-state index >= 15 is 0 Å². The summed E-state index contributed by atoms with van der Waals surface area (Å²) in [7, 11) is 0. The molecule has 3 rings (SSSR count). The lowest BCUT2D eigenvalue weighted by Crippen LogP contribution is -1.96. The topological polar surface area (TPSA) is 56.0 Å². The molecule has 23 heavy (non-hydrogen) atoms. The molecular weight excluding hydrogens is 302 g/mol. The van der Waals surface area contributed by atoms with Crippen LogP contribution in [0.4, 0.5) is 14.5 Å². The Hall–Kier alpha value is -3.15. The fraction of sp³-hybridized carbons (Fsp3) is 0. The fourth-order valence-electron chi connectivity index (χ4n) is 2.28. The molecule has 6 heteroatoms. The summed E-state index contributed by atoms with van der Waals surface area (Å²) in [5, 5.41) is 11.3. The Morgan fingerprint density at radius 2 is 1.48 bits per heavy atom. The first-order valence-corrected chi connectivity index (χ1v) is 6.71. The van der Waals surface area contributed by atoms with Crippen LogP contribution in [-0.2, 0) is 0 Å². The second-order valence-corrected chi connectivity index (χ2v) is 4.87. The van der Waals surface area contributed by atoms with Gasteiger partial charge in [0.05, 0.1) is 4.92 Å². The minimum absolute atomic E-state index is 0.0645. The van der Waals surface area contributed by atoms with E-state index in [4.69, 9.17) is 0 Å². The second kappa shape index (κ2) is 5.92. The molecule has 0 N–H and O–H groups in total. The number of nitro groups is 1. The van der Waals surface area contributed by atoms with Crippen LogP contribution >= 0.6 is 0 Å². The van der Waals surface area contributed by atoms with Gasteiger partial charge in [0.15, 0.2) is 0 Å². The van der Waals surface area contributed by atoms with Gasteiger partial charge in [-0.1, -0.05) is 24.3 Å². The van der Waals surface area contributed by atoms with Gasteiger partial charge in [-0.15, -0.1) is 0 Å². The van der Waals surface area contributed by atoms with Crippen LogP contribution in [0.2, 0.25) is 0 Å². The summed E-state index contributed by atoms with van der Waals surface area (Å²) in [6, 6.07) is 12.4. The van der Waals surface area contributed by atoms with Crippen molar-refractivity contribution in [2.24, 2.45) is 0 Å². The Balaban J connectivity index is 2.15. The average Bonchev–Trinajstić information content (AvgIpc) is 2.54. The minimum Gasteiger partial charge on any atom is -0.258 e. The largest absolute Gasteiger partial charge is 0.296 e. The quantitative estimate of drug-likeness (QED) is 0.524. The predicted octanol–water partition coefficient (Wildman–Crippen LogP) is 4.60. The maximum absolute atomic E-state index is 13.3. The van der Waals surface area contributed by atoms with Gasteiger partial charge in [0.2, 0.25) is 0 Å². The van der Waals surface area contributed by atoms with Crippen molar-refractivity contribution < 1.29 is 13.7 Å². The van der Waals surface area contributed by atoms with Gasteiger partial charge < -0.3 is 0 Å². The van der Waals surface area contributed by atoms with Crippen molar-refractivity contribution in [2.75, 3.05) is 0 Å². The van der Waals surface area contributed by atoms with Crippen LogP contribution in [-0.4, -0.2) is 9.91 Å². The van der Waals surface area contributed by atoms with Crippen molar-refractivity contribution in [1.82, 2.24) is 4.98 Å². The molecule has 0 amide bonds. The molecule has 0 saturated heterocycles. The molecule has 0 aliphatic heterocycles. The zero-order valence-electron chi connectivity index (χ0n) is 11.7. The molecule has 0 radical (unpaired) electrons. The zero-order chi connectivity index (χ0) is 16.4. The lowest BCUT2D eigenvalue weighted by Gasteiger charge is -2.06. The standard InChI is InChI=1S/C17H10F2N2O2/c18-14-5-1-3-11(7-14)13-9-16(21(22)23)17(20-10-13)12-4-2-6-15(19)8-12/h1-10H. The van der Waals surface area contributed by atoms with E-state index in [1.807, 2.05) is 0 Å². The predicted molar refractivity (Wildman–Crippen MR) is 81.7 cm³/mol. The molecule has 0 bridgehead atoms. The molecule has 3 aromatic rings. The van der Waals surface area contributed by atoms with Crippen molar-refractivity contribution in [2.45, 2.75) is 0 Å². The van der Waals surface area contributed by atoms with E-state index in [1.165, 1.54) is 48.7 Å². The molecule has 0 aliphatic rings. The maximum Gasteiger partial charge on any atom is 0.296 e. The molecule has 0 saturated carbocycles. The van der Waals surface area contributed by atoms with Gasteiger partial charge in [0, 0.05) is 23.4 Å². The summed E-state index contributed by atoms with van der Waals surface area (Å²) in [6.45, 7) is 0. The van der Waals surface area contributed by atoms with Crippen molar-refractivity contribution in [3.63, 3.8) is 0 Å². The summed E-state index contributed by atoms with van der Waals surface area (Å²) in [4.78, 5) is 14.8. The molecule has 1 aromatic heterocycles. The van der Waals surface area contributed by atoms with Crippen LogP contribution in [0.25, 0.3) is 22.4 Å². The molecule has 0 aliphatic carbocycles. The monoisotopic (exact) mass is 312 g/mol. The number of pyridine rings is 1. The molecule has 4 nitrogen and oxygen atoms in total. The Labute approximate surface area is 130 Å².